The minimum atomic E-state index is -2.18. The number of halogens is 2. The molecule has 0 fully saturated rings. The van der Waals surface area contributed by atoms with Gasteiger partial charge in [0.1, 0.15) is 0 Å². The van der Waals surface area contributed by atoms with E-state index in [0.717, 1.165) is 6.08 Å². The zero-order valence-electron chi connectivity index (χ0n) is 7.92. The summed E-state index contributed by atoms with van der Waals surface area (Å²) in [5.74, 6) is -0.273. The third-order valence-corrected chi connectivity index (χ3v) is 2.82. The van der Waals surface area contributed by atoms with Gasteiger partial charge in [-0.05, 0) is 18.4 Å². The zero-order valence-corrected chi connectivity index (χ0v) is 10.7. The minimum absolute atomic E-state index is 0. The molecule has 0 amide bonds. The summed E-state index contributed by atoms with van der Waals surface area (Å²) in [5, 5.41) is -0.583. The zero-order chi connectivity index (χ0) is 9.72. The smallest absolute Gasteiger partial charge is 0.772 e. The molecule has 0 saturated carbocycles. The SMILES string of the molecule is C[C@H]([C@@H](C)CC=C(F)F)S(=O)[O-].[Na+]. The van der Waals surface area contributed by atoms with Crippen molar-refractivity contribution in [3.05, 3.63) is 12.2 Å². The van der Waals surface area contributed by atoms with Crippen molar-refractivity contribution < 1.29 is 47.1 Å². The number of allylic oxidation sites excluding steroid dienone is 1. The van der Waals surface area contributed by atoms with Crippen molar-refractivity contribution in [1.82, 2.24) is 0 Å². The van der Waals surface area contributed by atoms with E-state index in [2.05, 4.69) is 0 Å². The molecule has 6 heteroatoms. The van der Waals surface area contributed by atoms with Crippen LogP contribution in [0.5, 0.6) is 0 Å². The third kappa shape index (κ3) is 7.76. The van der Waals surface area contributed by atoms with Crippen LogP contribution in [0.25, 0.3) is 0 Å². The van der Waals surface area contributed by atoms with Crippen LogP contribution in [0, 0.1) is 5.92 Å². The Morgan fingerprint density at radius 1 is 1.54 bits per heavy atom. The molecule has 13 heavy (non-hydrogen) atoms. The molecule has 0 aliphatic rings. The van der Waals surface area contributed by atoms with Crippen molar-refractivity contribution in [1.29, 1.82) is 0 Å². The molecule has 0 aliphatic carbocycles. The van der Waals surface area contributed by atoms with E-state index in [1.807, 2.05) is 0 Å². The van der Waals surface area contributed by atoms with Gasteiger partial charge in [0.25, 0.3) is 6.08 Å². The Balaban J connectivity index is 0. The Bertz CT molecular complexity index is 195. The van der Waals surface area contributed by atoms with Gasteiger partial charge in [0.2, 0.25) is 0 Å². The molecule has 0 aromatic carbocycles. The van der Waals surface area contributed by atoms with E-state index in [1.165, 1.54) is 6.92 Å². The van der Waals surface area contributed by atoms with Crippen molar-refractivity contribution in [3.8, 4) is 0 Å². The first kappa shape index (κ1) is 16.2. The van der Waals surface area contributed by atoms with Gasteiger partial charge in [-0.15, -0.1) is 0 Å². The first-order chi connectivity index (χ1) is 5.45. The fourth-order valence-corrected chi connectivity index (χ4v) is 1.15. The second-order valence-electron chi connectivity index (χ2n) is 2.67. The summed E-state index contributed by atoms with van der Waals surface area (Å²) >= 11 is -2.18. The van der Waals surface area contributed by atoms with Crippen LogP contribution in [-0.2, 0) is 11.1 Å². The summed E-state index contributed by atoms with van der Waals surface area (Å²) in [6, 6.07) is 0. The molecule has 0 bridgehead atoms. The molecule has 0 spiro atoms. The standard InChI is InChI=1S/C7H12F2O2S.Na/c1-5(3-4-7(8)9)6(2)12(10)11;/h4-6H,3H2,1-2H3,(H,10,11);/q;+1/p-1/t5-,6+;/m0./s1. The Labute approximate surface area is 101 Å². The maximum atomic E-state index is 11.6. The van der Waals surface area contributed by atoms with E-state index in [0.29, 0.717) is 0 Å². The van der Waals surface area contributed by atoms with Crippen molar-refractivity contribution in [2.24, 2.45) is 5.92 Å². The Kier molecular flexibility index (Phi) is 10.0. The third-order valence-electron chi connectivity index (χ3n) is 1.75. The van der Waals surface area contributed by atoms with Gasteiger partial charge in [0.15, 0.2) is 0 Å². The Morgan fingerprint density at radius 3 is 2.31 bits per heavy atom. The summed E-state index contributed by atoms with van der Waals surface area (Å²) in [5.41, 5.74) is 0. The maximum absolute atomic E-state index is 11.6. The average molecular weight is 220 g/mol. The van der Waals surface area contributed by atoms with Crippen LogP contribution in [-0.4, -0.2) is 14.0 Å². The summed E-state index contributed by atoms with van der Waals surface area (Å²) < 4.78 is 43.9. The van der Waals surface area contributed by atoms with Gasteiger partial charge in [-0.3, -0.25) is 4.21 Å². The molecule has 2 nitrogen and oxygen atoms in total. The van der Waals surface area contributed by atoms with Crippen molar-refractivity contribution in [2.45, 2.75) is 25.5 Å². The average Bonchev–Trinajstić information content (AvgIpc) is 1.98. The van der Waals surface area contributed by atoms with Crippen LogP contribution in [0.4, 0.5) is 8.78 Å². The number of hydrogen-bond acceptors (Lipinski definition) is 2. The predicted octanol–water partition coefficient (Wildman–Crippen LogP) is -0.935. The van der Waals surface area contributed by atoms with Gasteiger partial charge in [-0.1, -0.05) is 24.9 Å². The van der Waals surface area contributed by atoms with Gasteiger partial charge >= 0.3 is 29.6 Å². The van der Waals surface area contributed by atoms with Crippen LogP contribution >= 0.6 is 0 Å². The maximum Gasteiger partial charge on any atom is 1.00 e. The molecule has 0 rings (SSSR count). The monoisotopic (exact) mass is 220 g/mol. The van der Waals surface area contributed by atoms with Crippen molar-refractivity contribution in [2.75, 3.05) is 0 Å². The van der Waals surface area contributed by atoms with Crippen LogP contribution in [0.15, 0.2) is 12.2 Å². The molecule has 0 heterocycles. The fourth-order valence-electron chi connectivity index (χ4n) is 0.656. The van der Waals surface area contributed by atoms with E-state index in [9.17, 15) is 17.5 Å². The molecule has 1 unspecified atom stereocenters. The molecule has 0 aromatic heterocycles. The van der Waals surface area contributed by atoms with Crippen LogP contribution in [0.2, 0.25) is 0 Å². The Morgan fingerprint density at radius 2 is 2.00 bits per heavy atom. The molecule has 0 radical (unpaired) electrons. The van der Waals surface area contributed by atoms with E-state index < -0.39 is 22.4 Å². The van der Waals surface area contributed by atoms with Crippen LogP contribution < -0.4 is 29.6 Å². The number of hydrogen-bond donors (Lipinski definition) is 0. The van der Waals surface area contributed by atoms with Gasteiger partial charge in [-0.25, -0.2) is 0 Å². The largest absolute Gasteiger partial charge is 1.00 e. The summed E-state index contributed by atoms with van der Waals surface area (Å²) in [6.45, 7) is 3.12. The van der Waals surface area contributed by atoms with E-state index in [-0.39, 0.29) is 41.9 Å². The van der Waals surface area contributed by atoms with E-state index in [4.69, 9.17) is 0 Å². The molecule has 72 valence electrons. The second kappa shape index (κ2) is 8.05. The molecular formula is C7H11F2NaO2S. The Hall–Kier alpha value is 0.710. The van der Waals surface area contributed by atoms with Crippen molar-refractivity contribution >= 4 is 11.1 Å². The molecule has 0 saturated heterocycles. The summed E-state index contributed by atoms with van der Waals surface area (Å²) in [7, 11) is 0. The molecular weight excluding hydrogens is 209 g/mol. The predicted molar refractivity (Wildman–Crippen MR) is 42.5 cm³/mol. The minimum Gasteiger partial charge on any atom is -0.772 e. The summed E-state index contributed by atoms with van der Waals surface area (Å²) in [4.78, 5) is 0. The van der Waals surface area contributed by atoms with Crippen molar-refractivity contribution in [3.63, 3.8) is 0 Å². The van der Waals surface area contributed by atoms with E-state index >= 15 is 0 Å². The van der Waals surface area contributed by atoms with E-state index in [1.54, 1.807) is 6.92 Å². The number of rotatable bonds is 4. The normalized spacial score (nSPS) is 16.7. The fraction of sp³-hybridized carbons (Fsp3) is 0.714. The van der Waals surface area contributed by atoms with Crippen LogP contribution in [0.1, 0.15) is 20.3 Å². The summed E-state index contributed by atoms with van der Waals surface area (Å²) in [6.07, 6.45) is -0.920. The molecule has 0 aliphatic heterocycles. The van der Waals surface area contributed by atoms with Gasteiger partial charge < -0.3 is 4.55 Å². The van der Waals surface area contributed by atoms with Gasteiger partial charge in [0, 0.05) is 5.25 Å². The van der Waals surface area contributed by atoms with Gasteiger partial charge in [0.05, 0.1) is 0 Å². The first-order valence-corrected chi connectivity index (χ1v) is 4.68. The quantitative estimate of drug-likeness (QED) is 0.453. The second-order valence-corrected chi connectivity index (χ2v) is 3.94. The molecule has 0 N–H and O–H groups in total. The molecule has 0 aromatic rings. The van der Waals surface area contributed by atoms with Gasteiger partial charge in [-0.2, -0.15) is 8.78 Å². The molecule has 3 atom stereocenters. The van der Waals surface area contributed by atoms with Crippen LogP contribution in [0.3, 0.4) is 0 Å². The topological polar surface area (TPSA) is 40.1 Å². The first-order valence-electron chi connectivity index (χ1n) is 3.54.